The number of aromatic nitrogens is 1. The van der Waals surface area contributed by atoms with Crippen molar-refractivity contribution in [2.45, 2.75) is 31.1 Å². The number of nitrogens with zero attached hydrogens (tertiary/aromatic N) is 1. The van der Waals surface area contributed by atoms with Crippen molar-refractivity contribution in [3.05, 3.63) is 90.6 Å². The maximum atomic E-state index is 13.4. The van der Waals surface area contributed by atoms with Gasteiger partial charge < -0.3 is 39.4 Å². The van der Waals surface area contributed by atoms with Crippen LogP contribution in [-0.4, -0.2) is 44.5 Å². The van der Waals surface area contributed by atoms with E-state index in [0.29, 0.717) is 45.8 Å². The molecule has 1 heterocycles. The molecule has 5 N–H and O–H groups in total. The highest BCUT2D eigenvalue weighted by Gasteiger charge is 2.22. The number of benzene rings is 4. The number of pyridine rings is 1. The van der Waals surface area contributed by atoms with Crippen molar-refractivity contribution >= 4 is 67.4 Å². The Labute approximate surface area is 289 Å². The van der Waals surface area contributed by atoms with Gasteiger partial charge >= 0.3 is 6.03 Å². The fourth-order valence-corrected chi connectivity index (χ4v) is 6.02. The second-order valence-electron chi connectivity index (χ2n) is 11.9. The average molecular weight is 704 g/mol. The lowest BCUT2D eigenvalue weighted by atomic mass is 9.86. The molecule has 256 valence electrons. The van der Waals surface area contributed by atoms with Crippen LogP contribution in [0.15, 0.2) is 90.0 Å². The molecule has 0 bridgehead atoms. The van der Waals surface area contributed by atoms with Crippen molar-refractivity contribution in [1.29, 1.82) is 0 Å². The third kappa shape index (κ3) is 8.46. The standard InChI is InChI=1S/C35H37N5O7S2/c1-35(2,3)21-17-27(33(46-5)28(18-21)40-48(6)42)39-34(41)38-26-12-13-29(25-10-8-7-9-24(25)26)47-23-15-16-36-32(20-23)37-22-11-14-31(49(43)44)30(19-22)45-4/h7-20,40H,1-6H3,(H,36,37)(H,43,44)(H2,38,39,41). The van der Waals surface area contributed by atoms with Gasteiger partial charge in [-0.25, -0.2) is 18.2 Å². The van der Waals surface area contributed by atoms with Gasteiger partial charge in [0.1, 0.15) is 38.9 Å². The van der Waals surface area contributed by atoms with Gasteiger partial charge in [0.15, 0.2) is 16.8 Å². The van der Waals surface area contributed by atoms with E-state index in [2.05, 4.69) is 25.7 Å². The molecule has 5 rings (SSSR count). The Morgan fingerprint density at radius 2 is 1.53 bits per heavy atom. The number of carbonyl (C=O) groups is 1. The van der Waals surface area contributed by atoms with Gasteiger partial charge in [-0.1, -0.05) is 45.0 Å². The van der Waals surface area contributed by atoms with Gasteiger partial charge in [-0.3, -0.25) is 0 Å². The summed E-state index contributed by atoms with van der Waals surface area (Å²) in [6, 6.07) is 22.5. The van der Waals surface area contributed by atoms with Crippen LogP contribution in [0.2, 0.25) is 0 Å². The number of fused-ring (bicyclic) bond motifs is 1. The molecule has 0 saturated carbocycles. The molecule has 2 amide bonds. The van der Waals surface area contributed by atoms with Crippen molar-refractivity contribution in [2.24, 2.45) is 0 Å². The molecule has 0 fully saturated rings. The zero-order chi connectivity index (χ0) is 35.3. The van der Waals surface area contributed by atoms with Gasteiger partial charge in [0.05, 0.1) is 31.3 Å². The van der Waals surface area contributed by atoms with Crippen molar-refractivity contribution in [1.82, 2.24) is 4.98 Å². The van der Waals surface area contributed by atoms with Gasteiger partial charge in [-0.2, -0.15) is 0 Å². The Morgan fingerprint density at radius 3 is 2.20 bits per heavy atom. The molecule has 0 aliphatic heterocycles. The van der Waals surface area contributed by atoms with E-state index in [1.807, 2.05) is 57.2 Å². The minimum Gasteiger partial charge on any atom is -0.495 e. The first-order valence-electron chi connectivity index (χ1n) is 15.0. The van der Waals surface area contributed by atoms with E-state index in [1.165, 1.54) is 26.5 Å². The van der Waals surface area contributed by atoms with Crippen LogP contribution < -0.4 is 34.9 Å². The summed E-state index contributed by atoms with van der Waals surface area (Å²) in [5.74, 6) is 2.16. The summed E-state index contributed by atoms with van der Waals surface area (Å²) >= 11 is -2.19. The van der Waals surface area contributed by atoms with Crippen LogP contribution in [0.5, 0.6) is 23.0 Å². The number of ether oxygens (including phenoxy) is 3. The largest absolute Gasteiger partial charge is 0.495 e. The summed E-state index contributed by atoms with van der Waals surface area (Å²) in [6.45, 7) is 6.14. The summed E-state index contributed by atoms with van der Waals surface area (Å²) < 4.78 is 53.1. The molecule has 14 heteroatoms. The number of urea groups is 1. The van der Waals surface area contributed by atoms with Crippen LogP contribution in [0.25, 0.3) is 10.8 Å². The summed E-state index contributed by atoms with van der Waals surface area (Å²) in [4.78, 5) is 17.9. The van der Waals surface area contributed by atoms with Crippen molar-refractivity contribution in [2.75, 3.05) is 41.1 Å². The first-order valence-corrected chi connectivity index (χ1v) is 17.6. The number of hydrogen-bond donors (Lipinski definition) is 5. The van der Waals surface area contributed by atoms with Crippen LogP contribution in [0, 0.1) is 0 Å². The van der Waals surface area contributed by atoms with E-state index in [1.54, 1.807) is 42.6 Å². The highest BCUT2D eigenvalue weighted by atomic mass is 32.2. The van der Waals surface area contributed by atoms with Crippen molar-refractivity contribution in [3.8, 4) is 23.0 Å². The lowest BCUT2D eigenvalue weighted by molar-refractivity contribution is 0.262. The Balaban J connectivity index is 1.38. The highest BCUT2D eigenvalue weighted by molar-refractivity contribution is 7.85. The zero-order valence-corrected chi connectivity index (χ0v) is 29.4. The number of hydrogen-bond acceptors (Lipinski definition) is 8. The smallest absolute Gasteiger partial charge is 0.323 e. The van der Waals surface area contributed by atoms with Crippen molar-refractivity contribution in [3.63, 3.8) is 0 Å². The molecule has 1 aromatic heterocycles. The lowest BCUT2D eigenvalue weighted by Gasteiger charge is -2.24. The predicted molar refractivity (Wildman–Crippen MR) is 196 cm³/mol. The summed E-state index contributed by atoms with van der Waals surface area (Å²) in [5, 5.41) is 10.5. The van der Waals surface area contributed by atoms with Gasteiger partial charge in [0.25, 0.3) is 0 Å². The minimum absolute atomic E-state index is 0.159. The molecule has 4 aromatic carbocycles. The molecule has 0 saturated heterocycles. The Bertz CT molecular complexity index is 2070. The summed E-state index contributed by atoms with van der Waals surface area (Å²) in [7, 11) is 1.55. The van der Waals surface area contributed by atoms with E-state index >= 15 is 0 Å². The lowest BCUT2D eigenvalue weighted by Crippen LogP contribution is -2.21. The molecule has 5 aromatic rings. The SMILES string of the molecule is COc1cc(Nc2cc(Oc3ccc(NC(=O)Nc4cc(C(C)(C)C)cc(NS(C)=O)c4OC)c4ccccc34)ccn2)ccc1S(=O)O. The Kier molecular flexibility index (Phi) is 10.7. The van der Waals surface area contributed by atoms with E-state index in [0.717, 1.165) is 16.3 Å². The molecule has 0 radical (unpaired) electrons. The topological polar surface area (TPSA) is 160 Å². The van der Waals surface area contributed by atoms with Gasteiger partial charge in [-0.15, -0.1) is 0 Å². The number of rotatable bonds is 11. The van der Waals surface area contributed by atoms with Crippen LogP contribution in [0.3, 0.4) is 0 Å². The molecular formula is C35H37N5O7S2. The first kappa shape index (κ1) is 35.1. The predicted octanol–water partition coefficient (Wildman–Crippen LogP) is 8.02. The third-order valence-electron chi connectivity index (χ3n) is 7.38. The van der Waals surface area contributed by atoms with Crippen LogP contribution in [-0.2, 0) is 27.5 Å². The third-order valence-corrected chi connectivity index (χ3v) is 8.60. The van der Waals surface area contributed by atoms with E-state index in [-0.39, 0.29) is 16.1 Å². The molecular weight excluding hydrogens is 667 g/mol. The fraction of sp³-hybridized carbons (Fsp3) is 0.200. The molecule has 0 aliphatic carbocycles. The molecule has 49 heavy (non-hydrogen) atoms. The van der Waals surface area contributed by atoms with Crippen molar-refractivity contribution < 1.29 is 32.0 Å². The number of carbonyl (C=O) groups excluding carboxylic acids is 1. The monoisotopic (exact) mass is 703 g/mol. The second-order valence-corrected chi connectivity index (χ2v) is 13.9. The summed E-state index contributed by atoms with van der Waals surface area (Å²) in [5.41, 5.74) is 2.73. The second kappa shape index (κ2) is 14.9. The molecule has 2 unspecified atom stereocenters. The fourth-order valence-electron chi connectivity index (χ4n) is 5.06. The Morgan fingerprint density at radius 1 is 0.816 bits per heavy atom. The molecule has 12 nitrogen and oxygen atoms in total. The number of anilines is 5. The summed E-state index contributed by atoms with van der Waals surface area (Å²) in [6.07, 6.45) is 3.12. The molecule has 0 spiro atoms. The maximum absolute atomic E-state index is 13.4. The van der Waals surface area contributed by atoms with Gasteiger partial charge in [0.2, 0.25) is 0 Å². The van der Waals surface area contributed by atoms with Gasteiger partial charge in [-0.05, 0) is 53.4 Å². The zero-order valence-electron chi connectivity index (χ0n) is 27.7. The molecule has 0 aliphatic rings. The first-order chi connectivity index (χ1) is 23.4. The maximum Gasteiger partial charge on any atom is 0.323 e. The van der Waals surface area contributed by atoms with E-state index in [4.69, 9.17) is 14.2 Å². The highest BCUT2D eigenvalue weighted by Crippen LogP contribution is 2.40. The Hall–Kier alpha value is -5.18. The van der Waals surface area contributed by atoms with E-state index in [9.17, 15) is 17.8 Å². The van der Waals surface area contributed by atoms with E-state index < -0.39 is 28.1 Å². The van der Waals surface area contributed by atoms with Crippen LogP contribution >= 0.6 is 0 Å². The molecule has 2 atom stereocenters. The minimum atomic E-state index is -2.19. The van der Waals surface area contributed by atoms with Crippen LogP contribution in [0.1, 0.15) is 26.3 Å². The number of methoxy groups -OCH3 is 2. The number of nitrogens with one attached hydrogen (secondary N) is 4. The number of amides is 2. The van der Waals surface area contributed by atoms with Gasteiger partial charge in [0, 0.05) is 41.0 Å². The van der Waals surface area contributed by atoms with Crippen LogP contribution in [0.4, 0.5) is 33.4 Å². The quantitative estimate of drug-likeness (QED) is 0.0859. The normalized spacial score (nSPS) is 12.5. The average Bonchev–Trinajstić information content (AvgIpc) is 3.05.